The van der Waals surface area contributed by atoms with Gasteiger partial charge in [-0.3, -0.25) is 4.79 Å². The van der Waals surface area contributed by atoms with E-state index in [0.29, 0.717) is 12.8 Å². The first-order valence-corrected chi connectivity index (χ1v) is 7.41. The highest BCUT2D eigenvalue weighted by molar-refractivity contribution is 7.92. The van der Waals surface area contributed by atoms with E-state index in [4.69, 9.17) is 5.73 Å². The molecule has 1 heterocycles. The van der Waals surface area contributed by atoms with Crippen LogP contribution >= 0.6 is 0 Å². The molecular weight excluding hydrogens is 228 g/mol. The summed E-state index contributed by atoms with van der Waals surface area (Å²) in [5.41, 5.74) is 5.63. The fourth-order valence-electron chi connectivity index (χ4n) is 1.77. The smallest absolute Gasteiger partial charge is 0.221 e. The minimum atomic E-state index is -2.96. The Morgan fingerprint density at radius 2 is 2.25 bits per heavy atom. The molecule has 0 spiro atoms. The maximum absolute atomic E-state index is 11.5. The molecule has 3 N–H and O–H groups in total. The van der Waals surface area contributed by atoms with Gasteiger partial charge in [0.05, 0.1) is 11.0 Å². The van der Waals surface area contributed by atoms with Crippen molar-refractivity contribution in [3.8, 4) is 0 Å². The molecular formula is C10H20N2O3S. The van der Waals surface area contributed by atoms with Gasteiger partial charge in [0.1, 0.15) is 0 Å². The van der Waals surface area contributed by atoms with E-state index in [1.807, 2.05) is 6.92 Å². The molecule has 1 fully saturated rings. The van der Waals surface area contributed by atoms with Crippen molar-refractivity contribution in [3.05, 3.63) is 0 Å². The van der Waals surface area contributed by atoms with E-state index in [1.165, 1.54) is 0 Å². The molecule has 0 aromatic carbocycles. The predicted molar refractivity (Wildman–Crippen MR) is 62.7 cm³/mol. The van der Waals surface area contributed by atoms with E-state index in [9.17, 15) is 13.2 Å². The highest BCUT2D eigenvalue weighted by Crippen LogP contribution is 2.18. The van der Waals surface area contributed by atoms with Crippen LogP contribution in [0.4, 0.5) is 0 Å². The van der Waals surface area contributed by atoms with Crippen molar-refractivity contribution in [1.29, 1.82) is 0 Å². The topological polar surface area (TPSA) is 89.3 Å². The summed E-state index contributed by atoms with van der Waals surface area (Å²) in [7, 11) is -2.96. The van der Waals surface area contributed by atoms with Crippen LogP contribution < -0.4 is 11.1 Å². The van der Waals surface area contributed by atoms with Gasteiger partial charge in [-0.1, -0.05) is 6.92 Å². The molecule has 1 aliphatic heterocycles. The van der Waals surface area contributed by atoms with Crippen LogP contribution in [0.25, 0.3) is 0 Å². The van der Waals surface area contributed by atoms with Gasteiger partial charge in [0, 0.05) is 19.0 Å². The standard InChI is InChI=1S/C10H20N2O3S/c1-2-8(11)6-10(13)12-7-9-4-3-5-16(9,14)15/h8-9H,2-7,11H2,1H3,(H,12,13). The molecule has 1 rings (SSSR count). The Morgan fingerprint density at radius 3 is 2.75 bits per heavy atom. The van der Waals surface area contributed by atoms with Crippen LogP contribution in [0.15, 0.2) is 0 Å². The molecule has 16 heavy (non-hydrogen) atoms. The molecule has 0 aromatic rings. The van der Waals surface area contributed by atoms with Gasteiger partial charge in [-0.2, -0.15) is 0 Å². The number of nitrogens with two attached hydrogens (primary N) is 1. The number of nitrogens with one attached hydrogen (secondary N) is 1. The third-order valence-corrected chi connectivity index (χ3v) is 5.24. The highest BCUT2D eigenvalue weighted by atomic mass is 32.2. The second-order valence-corrected chi connectivity index (χ2v) is 6.71. The van der Waals surface area contributed by atoms with Crippen molar-refractivity contribution < 1.29 is 13.2 Å². The van der Waals surface area contributed by atoms with E-state index >= 15 is 0 Å². The fraction of sp³-hybridized carbons (Fsp3) is 0.900. The molecule has 0 radical (unpaired) electrons. The van der Waals surface area contributed by atoms with Crippen LogP contribution in [0, 0.1) is 0 Å². The summed E-state index contributed by atoms with van der Waals surface area (Å²) in [6.07, 6.45) is 2.37. The summed E-state index contributed by atoms with van der Waals surface area (Å²) < 4.78 is 23.0. The monoisotopic (exact) mass is 248 g/mol. The van der Waals surface area contributed by atoms with Gasteiger partial charge in [0.2, 0.25) is 5.91 Å². The average Bonchev–Trinajstić information content (AvgIpc) is 2.54. The summed E-state index contributed by atoms with van der Waals surface area (Å²) in [6.45, 7) is 2.15. The van der Waals surface area contributed by atoms with Crippen LogP contribution in [-0.2, 0) is 14.6 Å². The minimum Gasteiger partial charge on any atom is -0.355 e. The van der Waals surface area contributed by atoms with Gasteiger partial charge in [-0.05, 0) is 19.3 Å². The molecule has 2 unspecified atom stereocenters. The average molecular weight is 248 g/mol. The van der Waals surface area contributed by atoms with Crippen molar-refractivity contribution in [2.24, 2.45) is 5.73 Å². The zero-order valence-electron chi connectivity index (χ0n) is 9.61. The lowest BCUT2D eigenvalue weighted by atomic mass is 10.1. The first-order chi connectivity index (χ1) is 7.45. The molecule has 1 aliphatic rings. The van der Waals surface area contributed by atoms with Gasteiger partial charge in [-0.25, -0.2) is 8.42 Å². The molecule has 0 aliphatic carbocycles. The third kappa shape index (κ3) is 3.75. The number of sulfone groups is 1. The number of hydrogen-bond donors (Lipinski definition) is 2. The lowest BCUT2D eigenvalue weighted by molar-refractivity contribution is -0.121. The summed E-state index contributed by atoms with van der Waals surface area (Å²) in [5, 5.41) is 2.25. The largest absolute Gasteiger partial charge is 0.355 e. The normalized spacial score (nSPS) is 25.2. The molecule has 0 saturated carbocycles. The van der Waals surface area contributed by atoms with Crippen LogP contribution in [-0.4, -0.2) is 37.9 Å². The summed E-state index contributed by atoms with van der Waals surface area (Å²) in [4.78, 5) is 11.4. The summed E-state index contributed by atoms with van der Waals surface area (Å²) >= 11 is 0. The van der Waals surface area contributed by atoms with Crippen molar-refractivity contribution in [2.75, 3.05) is 12.3 Å². The molecule has 5 nitrogen and oxygen atoms in total. The Kier molecular flexibility index (Phi) is 4.73. The quantitative estimate of drug-likeness (QED) is 0.705. The predicted octanol–water partition coefficient (Wildman–Crippen LogP) is -0.193. The zero-order chi connectivity index (χ0) is 12.2. The van der Waals surface area contributed by atoms with Crippen LogP contribution in [0.2, 0.25) is 0 Å². The van der Waals surface area contributed by atoms with Crippen LogP contribution in [0.3, 0.4) is 0 Å². The number of carbonyl (C=O) groups is 1. The van der Waals surface area contributed by atoms with Crippen molar-refractivity contribution >= 4 is 15.7 Å². The van der Waals surface area contributed by atoms with E-state index in [1.54, 1.807) is 0 Å². The highest BCUT2D eigenvalue weighted by Gasteiger charge is 2.31. The van der Waals surface area contributed by atoms with E-state index in [2.05, 4.69) is 5.32 Å². The summed E-state index contributed by atoms with van der Waals surface area (Å²) in [5.74, 6) is 0.0959. The fourth-order valence-corrected chi connectivity index (χ4v) is 3.54. The van der Waals surface area contributed by atoms with Crippen molar-refractivity contribution in [3.63, 3.8) is 0 Å². The second kappa shape index (κ2) is 5.63. The van der Waals surface area contributed by atoms with E-state index < -0.39 is 15.1 Å². The zero-order valence-corrected chi connectivity index (χ0v) is 10.4. The lowest BCUT2D eigenvalue weighted by Crippen LogP contribution is -2.37. The van der Waals surface area contributed by atoms with Gasteiger partial charge in [0.25, 0.3) is 0 Å². The van der Waals surface area contributed by atoms with Crippen molar-refractivity contribution in [1.82, 2.24) is 5.32 Å². The Bertz CT molecular complexity index is 340. The van der Waals surface area contributed by atoms with Crippen LogP contribution in [0.5, 0.6) is 0 Å². The molecule has 0 bridgehead atoms. The maximum Gasteiger partial charge on any atom is 0.221 e. The maximum atomic E-state index is 11.5. The van der Waals surface area contributed by atoms with Gasteiger partial charge >= 0.3 is 0 Å². The number of rotatable bonds is 5. The molecule has 1 saturated heterocycles. The first-order valence-electron chi connectivity index (χ1n) is 5.69. The van der Waals surface area contributed by atoms with Gasteiger partial charge in [0.15, 0.2) is 9.84 Å². The van der Waals surface area contributed by atoms with E-state index in [0.717, 1.165) is 6.42 Å². The van der Waals surface area contributed by atoms with Crippen LogP contribution in [0.1, 0.15) is 32.6 Å². The molecule has 94 valence electrons. The molecule has 0 aromatic heterocycles. The molecule has 6 heteroatoms. The second-order valence-electron chi connectivity index (χ2n) is 4.31. The number of carbonyl (C=O) groups excluding carboxylic acids is 1. The molecule has 2 atom stereocenters. The number of hydrogen-bond acceptors (Lipinski definition) is 4. The first kappa shape index (κ1) is 13.4. The third-order valence-electron chi connectivity index (χ3n) is 2.96. The van der Waals surface area contributed by atoms with Gasteiger partial charge in [-0.15, -0.1) is 0 Å². The summed E-state index contributed by atoms with van der Waals surface area (Å²) in [6, 6.07) is -0.139. The Hall–Kier alpha value is -0.620. The number of amides is 1. The molecule has 1 amide bonds. The Morgan fingerprint density at radius 1 is 1.56 bits per heavy atom. The Balaban J connectivity index is 2.32. The lowest BCUT2D eigenvalue weighted by Gasteiger charge is -2.12. The van der Waals surface area contributed by atoms with Gasteiger partial charge < -0.3 is 11.1 Å². The van der Waals surface area contributed by atoms with E-state index in [-0.39, 0.29) is 30.7 Å². The van der Waals surface area contributed by atoms with Crippen molar-refractivity contribution in [2.45, 2.75) is 43.9 Å². The SMILES string of the molecule is CCC(N)CC(=O)NCC1CCCS1(=O)=O. The minimum absolute atomic E-state index is 0.139. The Labute approximate surface area is 96.7 Å².